The van der Waals surface area contributed by atoms with Gasteiger partial charge in [0.2, 0.25) is 0 Å². The molecule has 3 N–H and O–H groups in total. The molecule has 0 aliphatic rings. The molecule has 1 amide bonds. The fraction of sp³-hybridized carbons (Fsp3) is 0.238. The number of rotatable bonds is 6. The molecule has 0 bridgehead atoms. The summed E-state index contributed by atoms with van der Waals surface area (Å²) >= 11 is 5.71. The molecule has 0 saturated carbocycles. The van der Waals surface area contributed by atoms with Gasteiger partial charge in [-0.05, 0) is 55.1 Å². The van der Waals surface area contributed by atoms with Crippen LogP contribution in [-0.2, 0) is 0 Å². The minimum atomic E-state index is -0.518. The van der Waals surface area contributed by atoms with Crippen LogP contribution in [0.3, 0.4) is 0 Å². The number of carbonyl (C=O) groups excluding carboxylic acids is 1. The number of halogens is 2. The van der Waals surface area contributed by atoms with Crippen LogP contribution in [0.15, 0.2) is 48.7 Å². The average Bonchev–Trinajstić information content (AvgIpc) is 2.69. The van der Waals surface area contributed by atoms with Crippen molar-refractivity contribution in [3.63, 3.8) is 0 Å². The number of hydrogen-bond donors (Lipinski definition) is 3. The normalized spacial score (nSPS) is 13.2. The predicted molar refractivity (Wildman–Crippen MR) is 109 cm³/mol. The van der Waals surface area contributed by atoms with Crippen molar-refractivity contribution in [3.05, 3.63) is 70.6 Å². The number of aliphatic hydroxyl groups is 1. The van der Waals surface area contributed by atoms with E-state index in [1.165, 1.54) is 12.1 Å². The van der Waals surface area contributed by atoms with E-state index in [2.05, 4.69) is 15.6 Å². The fourth-order valence-corrected chi connectivity index (χ4v) is 2.92. The maximum atomic E-state index is 13.7. The molecule has 0 radical (unpaired) electrons. The van der Waals surface area contributed by atoms with Crippen molar-refractivity contribution in [2.75, 3.05) is 11.9 Å². The van der Waals surface area contributed by atoms with Crippen LogP contribution in [0.2, 0.25) is 5.02 Å². The minimum absolute atomic E-state index is 0.00859. The third-order valence-corrected chi connectivity index (χ3v) is 4.75. The van der Waals surface area contributed by atoms with E-state index < -0.39 is 5.82 Å². The Kier molecular flexibility index (Phi) is 6.11. The van der Waals surface area contributed by atoms with Crippen LogP contribution >= 0.6 is 11.6 Å². The van der Waals surface area contributed by atoms with E-state index in [9.17, 15) is 9.18 Å². The van der Waals surface area contributed by atoms with Crippen molar-refractivity contribution in [2.45, 2.75) is 25.9 Å². The summed E-state index contributed by atoms with van der Waals surface area (Å²) in [7, 11) is 0. The Labute approximate surface area is 167 Å². The highest BCUT2D eigenvalue weighted by Gasteiger charge is 2.14. The Morgan fingerprint density at radius 2 is 1.96 bits per heavy atom. The van der Waals surface area contributed by atoms with Crippen LogP contribution in [0.4, 0.5) is 10.2 Å². The molecule has 1 heterocycles. The van der Waals surface area contributed by atoms with Gasteiger partial charge in [-0.15, -0.1) is 0 Å². The van der Waals surface area contributed by atoms with Crippen LogP contribution in [0.1, 0.15) is 35.8 Å². The molecule has 7 heteroatoms. The van der Waals surface area contributed by atoms with Gasteiger partial charge in [0.25, 0.3) is 5.91 Å². The molecule has 0 saturated heterocycles. The van der Waals surface area contributed by atoms with Crippen molar-refractivity contribution in [2.24, 2.45) is 0 Å². The molecule has 5 nitrogen and oxygen atoms in total. The Hall–Kier alpha value is -2.70. The van der Waals surface area contributed by atoms with Gasteiger partial charge in [-0.1, -0.05) is 23.7 Å². The number of hydrogen-bond acceptors (Lipinski definition) is 4. The van der Waals surface area contributed by atoms with Gasteiger partial charge in [-0.25, -0.2) is 9.37 Å². The van der Waals surface area contributed by atoms with E-state index in [0.717, 1.165) is 10.8 Å². The number of aliphatic hydroxyl groups excluding tert-OH is 1. The summed E-state index contributed by atoms with van der Waals surface area (Å²) in [6.45, 7) is 3.62. The first-order valence-electron chi connectivity index (χ1n) is 8.90. The first kappa shape index (κ1) is 20.0. The highest BCUT2D eigenvalue weighted by molar-refractivity contribution is 6.30. The van der Waals surface area contributed by atoms with E-state index in [-0.39, 0.29) is 29.6 Å². The number of fused-ring (bicyclic) bond motifs is 1. The van der Waals surface area contributed by atoms with Gasteiger partial charge in [0.15, 0.2) is 0 Å². The Morgan fingerprint density at radius 3 is 2.68 bits per heavy atom. The monoisotopic (exact) mass is 401 g/mol. The zero-order chi connectivity index (χ0) is 20.3. The second-order valence-electron chi connectivity index (χ2n) is 6.73. The van der Waals surface area contributed by atoms with Crippen molar-refractivity contribution in [1.82, 2.24) is 10.3 Å². The summed E-state index contributed by atoms with van der Waals surface area (Å²) in [5, 5.41) is 16.9. The van der Waals surface area contributed by atoms with E-state index in [1.54, 1.807) is 31.3 Å². The van der Waals surface area contributed by atoms with E-state index >= 15 is 0 Å². The maximum Gasteiger partial charge on any atom is 0.251 e. The quantitative estimate of drug-likeness (QED) is 0.575. The van der Waals surface area contributed by atoms with Crippen LogP contribution in [0, 0.1) is 5.82 Å². The standard InChI is InChI=1S/C21H21ClFN3O2/c1-12(11-27)25-20-9-17-7-15(3-4-16(17)10-24-20)21(28)26-13(2)14-5-6-18(22)19(23)8-14/h3-10,12-13,27H,11H2,1-2H3,(H,24,25)(H,26,28)/t12-,13+/m0/s1. The lowest BCUT2D eigenvalue weighted by atomic mass is 10.1. The fourth-order valence-electron chi connectivity index (χ4n) is 2.80. The maximum absolute atomic E-state index is 13.7. The second kappa shape index (κ2) is 8.54. The average molecular weight is 402 g/mol. The third-order valence-electron chi connectivity index (χ3n) is 4.44. The molecule has 2 aromatic carbocycles. The topological polar surface area (TPSA) is 74.2 Å². The van der Waals surface area contributed by atoms with Crippen molar-refractivity contribution >= 4 is 34.1 Å². The number of aromatic nitrogens is 1. The zero-order valence-corrected chi connectivity index (χ0v) is 16.3. The highest BCUT2D eigenvalue weighted by Crippen LogP contribution is 2.22. The minimum Gasteiger partial charge on any atom is -0.394 e. The molecular formula is C21H21ClFN3O2. The number of carbonyl (C=O) groups is 1. The van der Waals surface area contributed by atoms with Gasteiger partial charge in [0, 0.05) is 23.2 Å². The summed E-state index contributed by atoms with van der Waals surface area (Å²) in [4.78, 5) is 16.9. The molecule has 3 rings (SSSR count). The number of benzene rings is 2. The van der Waals surface area contributed by atoms with Crippen LogP contribution in [-0.4, -0.2) is 28.6 Å². The Bertz CT molecular complexity index is 1010. The van der Waals surface area contributed by atoms with Crippen LogP contribution < -0.4 is 10.6 Å². The molecule has 0 aliphatic carbocycles. The van der Waals surface area contributed by atoms with Crippen molar-refractivity contribution in [3.8, 4) is 0 Å². The van der Waals surface area contributed by atoms with Gasteiger partial charge in [0.05, 0.1) is 17.7 Å². The number of anilines is 1. The lowest BCUT2D eigenvalue weighted by Gasteiger charge is -2.15. The first-order valence-corrected chi connectivity index (χ1v) is 9.28. The first-order chi connectivity index (χ1) is 13.4. The lowest BCUT2D eigenvalue weighted by molar-refractivity contribution is 0.0940. The second-order valence-corrected chi connectivity index (χ2v) is 7.14. The lowest BCUT2D eigenvalue weighted by Crippen LogP contribution is -2.26. The van der Waals surface area contributed by atoms with E-state index in [4.69, 9.17) is 16.7 Å². The van der Waals surface area contributed by atoms with Gasteiger partial charge in [0.1, 0.15) is 11.6 Å². The Balaban J connectivity index is 1.79. The summed E-state index contributed by atoms with van der Waals surface area (Å²) in [6.07, 6.45) is 1.71. The van der Waals surface area contributed by atoms with Gasteiger partial charge >= 0.3 is 0 Å². The third kappa shape index (κ3) is 4.58. The van der Waals surface area contributed by atoms with Gasteiger partial charge in [-0.2, -0.15) is 0 Å². The van der Waals surface area contributed by atoms with E-state index in [1.807, 2.05) is 19.1 Å². The molecule has 28 heavy (non-hydrogen) atoms. The largest absolute Gasteiger partial charge is 0.394 e. The van der Waals surface area contributed by atoms with E-state index in [0.29, 0.717) is 16.9 Å². The number of nitrogens with one attached hydrogen (secondary N) is 2. The molecule has 0 fully saturated rings. The summed E-state index contributed by atoms with van der Waals surface area (Å²) in [6, 6.07) is 11.1. The van der Waals surface area contributed by atoms with Gasteiger partial charge in [-0.3, -0.25) is 4.79 Å². The molecule has 1 aromatic heterocycles. The molecule has 3 aromatic rings. The Morgan fingerprint density at radius 1 is 1.18 bits per heavy atom. The number of pyridine rings is 1. The zero-order valence-electron chi connectivity index (χ0n) is 15.5. The van der Waals surface area contributed by atoms with Crippen molar-refractivity contribution in [1.29, 1.82) is 0 Å². The van der Waals surface area contributed by atoms with Crippen LogP contribution in [0.5, 0.6) is 0 Å². The summed E-state index contributed by atoms with van der Waals surface area (Å²) in [5.41, 5.74) is 1.12. The molecule has 146 valence electrons. The summed E-state index contributed by atoms with van der Waals surface area (Å²) < 4.78 is 13.7. The highest BCUT2D eigenvalue weighted by atomic mass is 35.5. The SMILES string of the molecule is C[C@@H](CO)Nc1cc2cc(C(=O)N[C@H](C)c3ccc(Cl)c(F)c3)ccc2cn1. The number of nitrogens with zero attached hydrogens (tertiary/aromatic N) is 1. The van der Waals surface area contributed by atoms with Crippen molar-refractivity contribution < 1.29 is 14.3 Å². The molecule has 0 unspecified atom stereocenters. The van der Waals surface area contributed by atoms with Crippen LogP contribution in [0.25, 0.3) is 10.8 Å². The summed E-state index contributed by atoms with van der Waals surface area (Å²) in [5.74, 6) is -0.160. The molecule has 2 atom stereocenters. The smallest absolute Gasteiger partial charge is 0.251 e. The molecule has 0 spiro atoms. The molecule has 0 aliphatic heterocycles. The number of amides is 1. The van der Waals surface area contributed by atoms with Gasteiger partial charge < -0.3 is 15.7 Å². The predicted octanol–water partition coefficient (Wildman–Crippen LogP) is 4.31. The molecular weight excluding hydrogens is 381 g/mol.